The van der Waals surface area contributed by atoms with E-state index >= 15 is 0 Å². The quantitative estimate of drug-likeness (QED) is 0.855. The van der Waals surface area contributed by atoms with E-state index in [1.165, 1.54) is 6.07 Å². The summed E-state index contributed by atoms with van der Waals surface area (Å²) in [5.41, 5.74) is 0.767. The Kier molecular flexibility index (Phi) is 4.03. The van der Waals surface area contributed by atoms with Gasteiger partial charge in [-0.2, -0.15) is 0 Å². The van der Waals surface area contributed by atoms with Crippen molar-refractivity contribution < 1.29 is 14.4 Å². The molecule has 0 spiro atoms. The summed E-state index contributed by atoms with van der Waals surface area (Å²) in [4.78, 5) is 10.6. The molecule has 2 aromatic rings. The molecular formula is C11H8Br2N2O3. The zero-order valence-electron chi connectivity index (χ0n) is 8.98. The van der Waals surface area contributed by atoms with E-state index < -0.39 is 5.97 Å². The highest BCUT2D eigenvalue weighted by Gasteiger charge is 2.11. The fourth-order valence-electron chi connectivity index (χ4n) is 1.34. The lowest BCUT2D eigenvalue weighted by Crippen LogP contribution is -2.00. The molecule has 0 atom stereocenters. The largest absolute Gasteiger partial charge is 0.476 e. The fraction of sp³-hybridized carbons (Fsp3) is 0.0909. The molecule has 0 saturated heterocycles. The molecule has 0 aliphatic carbocycles. The molecule has 2 rings (SSSR count). The Morgan fingerprint density at radius 3 is 2.61 bits per heavy atom. The predicted molar refractivity (Wildman–Crippen MR) is 72.6 cm³/mol. The molecule has 1 heterocycles. The van der Waals surface area contributed by atoms with E-state index in [0.717, 1.165) is 14.6 Å². The third kappa shape index (κ3) is 2.91. The number of halogens is 2. The molecule has 5 nitrogen and oxygen atoms in total. The van der Waals surface area contributed by atoms with Crippen LogP contribution in [0.2, 0.25) is 0 Å². The average molecular weight is 376 g/mol. The Hall–Kier alpha value is -1.34. The van der Waals surface area contributed by atoms with Crippen LogP contribution in [0, 0.1) is 0 Å². The van der Waals surface area contributed by atoms with Gasteiger partial charge in [-0.3, -0.25) is 0 Å². The number of aromatic carboxylic acids is 1. The van der Waals surface area contributed by atoms with E-state index in [2.05, 4.69) is 42.3 Å². The number of para-hydroxylation sites is 1. The average Bonchev–Trinajstić information content (AvgIpc) is 2.77. The van der Waals surface area contributed by atoms with Gasteiger partial charge >= 0.3 is 5.97 Å². The zero-order chi connectivity index (χ0) is 13.1. The van der Waals surface area contributed by atoms with Gasteiger partial charge in [-0.25, -0.2) is 4.79 Å². The maximum atomic E-state index is 10.6. The number of rotatable bonds is 4. The summed E-state index contributed by atoms with van der Waals surface area (Å²) in [6, 6.07) is 7.09. The fourth-order valence-corrected chi connectivity index (χ4v) is 2.62. The highest BCUT2D eigenvalue weighted by molar-refractivity contribution is 9.11. The van der Waals surface area contributed by atoms with Crippen LogP contribution < -0.4 is 5.32 Å². The molecule has 1 aromatic carbocycles. The summed E-state index contributed by atoms with van der Waals surface area (Å²) >= 11 is 6.83. The number of carboxylic acid groups (broad SMARTS) is 1. The van der Waals surface area contributed by atoms with E-state index in [1.807, 2.05) is 18.2 Å². The van der Waals surface area contributed by atoms with Crippen molar-refractivity contribution in [1.29, 1.82) is 0 Å². The summed E-state index contributed by atoms with van der Waals surface area (Å²) in [6.45, 7) is 0.349. The molecule has 0 radical (unpaired) electrons. The van der Waals surface area contributed by atoms with E-state index in [-0.39, 0.29) is 5.69 Å². The maximum absolute atomic E-state index is 10.6. The lowest BCUT2D eigenvalue weighted by Gasteiger charge is -2.08. The number of hydrogen-bond donors (Lipinski definition) is 2. The minimum Gasteiger partial charge on any atom is -0.476 e. The smallest absolute Gasteiger partial charge is 0.358 e. The topological polar surface area (TPSA) is 75.4 Å². The van der Waals surface area contributed by atoms with Gasteiger partial charge in [-0.15, -0.1) is 0 Å². The Morgan fingerprint density at radius 1 is 1.39 bits per heavy atom. The number of carboxylic acids is 1. The molecule has 0 unspecified atom stereocenters. The molecule has 1 aromatic heterocycles. The molecule has 2 N–H and O–H groups in total. The Bertz CT molecular complexity index is 563. The molecule has 7 heteroatoms. The number of nitrogens with zero attached hydrogens (tertiary/aromatic N) is 1. The minimum absolute atomic E-state index is 0.0991. The summed E-state index contributed by atoms with van der Waals surface area (Å²) in [5, 5.41) is 15.3. The number of nitrogens with one attached hydrogen (secondary N) is 1. The molecule has 18 heavy (non-hydrogen) atoms. The molecule has 0 fully saturated rings. The van der Waals surface area contributed by atoms with Crippen LogP contribution in [-0.2, 0) is 6.54 Å². The second kappa shape index (κ2) is 5.53. The Labute approximate surface area is 119 Å². The van der Waals surface area contributed by atoms with Crippen LogP contribution >= 0.6 is 31.9 Å². The van der Waals surface area contributed by atoms with Gasteiger partial charge < -0.3 is 14.9 Å². The van der Waals surface area contributed by atoms with Crippen LogP contribution in [-0.4, -0.2) is 16.2 Å². The van der Waals surface area contributed by atoms with E-state index in [4.69, 9.17) is 9.63 Å². The highest BCUT2D eigenvalue weighted by atomic mass is 79.9. The van der Waals surface area contributed by atoms with Gasteiger partial charge in [0.25, 0.3) is 0 Å². The van der Waals surface area contributed by atoms with Gasteiger partial charge in [-0.05, 0) is 44.0 Å². The van der Waals surface area contributed by atoms with Crippen molar-refractivity contribution in [3.8, 4) is 0 Å². The number of anilines is 1. The van der Waals surface area contributed by atoms with Crippen molar-refractivity contribution in [3.63, 3.8) is 0 Å². The number of hydrogen-bond acceptors (Lipinski definition) is 4. The zero-order valence-corrected chi connectivity index (χ0v) is 12.2. The monoisotopic (exact) mass is 374 g/mol. The third-order valence-electron chi connectivity index (χ3n) is 2.18. The van der Waals surface area contributed by atoms with Crippen LogP contribution in [0.25, 0.3) is 0 Å². The van der Waals surface area contributed by atoms with Gasteiger partial charge in [0.15, 0.2) is 11.5 Å². The van der Waals surface area contributed by atoms with Crippen molar-refractivity contribution >= 4 is 43.5 Å². The standard InChI is InChI=1S/C11H8Br2N2O3/c12-7-2-1-3-8(13)10(7)14-5-6-4-9(11(16)17)15-18-6/h1-4,14H,5H2,(H,16,17). The second-order valence-electron chi connectivity index (χ2n) is 3.43. The predicted octanol–water partition coefficient (Wildman–Crippen LogP) is 3.51. The molecule has 0 amide bonds. The number of aromatic nitrogens is 1. The van der Waals surface area contributed by atoms with Crippen molar-refractivity contribution in [1.82, 2.24) is 5.16 Å². The van der Waals surface area contributed by atoms with E-state index in [1.54, 1.807) is 0 Å². The molecule has 94 valence electrons. The number of carbonyl (C=O) groups is 1. The Balaban J connectivity index is 2.09. The Morgan fingerprint density at radius 2 is 2.06 bits per heavy atom. The van der Waals surface area contributed by atoms with Crippen LogP contribution in [0.4, 0.5) is 5.69 Å². The van der Waals surface area contributed by atoms with Gasteiger partial charge in [0, 0.05) is 15.0 Å². The summed E-state index contributed by atoms with van der Waals surface area (Å²) in [5.74, 6) is -0.651. The molecule has 0 saturated carbocycles. The van der Waals surface area contributed by atoms with Gasteiger partial charge in [0.2, 0.25) is 0 Å². The lowest BCUT2D eigenvalue weighted by molar-refractivity contribution is 0.0685. The third-order valence-corrected chi connectivity index (χ3v) is 3.50. The van der Waals surface area contributed by atoms with Crippen LogP contribution in [0.5, 0.6) is 0 Å². The first kappa shape index (κ1) is 13.1. The van der Waals surface area contributed by atoms with Crippen molar-refractivity contribution in [2.45, 2.75) is 6.54 Å². The van der Waals surface area contributed by atoms with Crippen LogP contribution in [0.15, 0.2) is 37.7 Å². The first-order chi connectivity index (χ1) is 8.58. The summed E-state index contributed by atoms with van der Waals surface area (Å²) in [6.07, 6.45) is 0. The van der Waals surface area contributed by atoms with Crippen LogP contribution in [0.3, 0.4) is 0 Å². The SMILES string of the molecule is O=C(O)c1cc(CNc2c(Br)cccc2Br)on1. The number of benzene rings is 1. The first-order valence-corrected chi connectivity index (χ1v) is 6.53. The van der Waals surface area contributed by atoms with Crippen LogP contribution in [0.1, 0.15) is 16.2 Å². The summed E-state index contributed by atoms with van der Waals surface area (Å²) < 4.78 is 6.70. The molecule has 0 bridgehead atoms. The van der Waals surface area contributed by atoms with Gasteiger partial charge in [-0.1, -0.05) is 11.2 Å². The normalized spacial score (nSPS) is 10.3. The van der Waals surface area contributed by atoms with Gasteiger partial charge in [0.1, 0.15) is 0 Å². The maximum Gasteiger partial charge on any atom is 0.358 e. The van der Waals surface area contributed by atoms with E-state index in [9.17, 15) is 4.79 Å². The lowest BCUT2D eigenvalue weighted by atomic mass is 10.3. The highest BCUT2D eigenvalue weighted by Crippen LogP contribution is 2.30. The second-order valence-corrected chi connectivity index (χ2v) is 5.14. The first-order valence-electron chi connectivity index (χ1n) is 4.94. The van der Waals surface area contributed by atoms with E-state index in [0.29, 0.717) is 12.3 Å². The molecule has 0 aliphatic heterocycles. The van der Waals surface area contributed by atoms with Gasteiger partial charge in [0.05, 0.1) is 12.2 Å². The van der Waals surface area contributed by atoms with Crippen molar-refractivity contribution in [2.75, 3.05) is 5.32 Å². The molecular weight excluding hydrogens is 368 g/mol. The molecule has 0 aliphatic rings. The minimum atomic E-state index is -1.10. The summed E-state index contributed by atoms with van der Waals surface area (Å²) in [7, 11) is 0. The van der Waals surface area contributed by atoms with Crippen molar-refractivity contribution in [3.05, 3.63) is 44.7 Å². The van der Waals surface area contributed by atoms with Crippen molar-refractivity contribution in [2.24, 2.45) is 0 Å².